The van der Waals surface area contributed by atoms with Crippen molar-refractivity contribution >= 4 is 54.3 Å². The van der Waals surface area contributed by atoms with Gasteiger partial charge in [-0.05, 0) is 56.1 Å². The molecule has 0 aliphatic carbocycles. The summed E-state index contributed by atoms with van der Waals surface area (Å²) in [5, 5.41) is 9.31. The number of hydrogen-bond acceptors (Lipinski definition) is 4. The first-order valence-corrected chi connectivity index (χ1v) is 16.5. The fraction of sp³-hybridized carbons (Fsp3) is 0. The lowest BCUT2D eigenvalue weighted by molar-refractivity contribution is 0.670. The SMILES string of the molecule is c1ccc(-c2nc(-c3ccccc3)nc(-c3cc4c5ccccc5c5ccccc5c4cc3-c3cccc4c3oc3ccccc34)n2)cc1. The van der Waals surface area contributed by atoms with Crippen molar-refractivity contribution in [1.29, 1.82) is 0 Å². The van der Waals surface area contributed by atoms with Crippen LogP contribution in [-0.2, 0) is 0 Å². The Balaban J connectivity index is 1.36. The second kappa shape index (κ2) is 11.0. The number of nitrogens with zero attached hydrogens (tertiary/aromatic N) is 3. The third-order valence-electron chi connectivity index (χ3n) is 9.52. The lowest BCUT2D eigenvalue weighted by atomic mass is 9.88. The summed E-state index contributed by atoms with van der Waals surface area (Å²) < 4.78 is 6.63. The van der Waals surface area contributed by atoms with E-state index in [2.05, 4.69) is 91.0 Å². The molecule has 2 heterocycles. The highest BCUT2D eigenvalue weighted by atomic mass is 16.3. The Kier molecular flexibility index (Phi) is 6.15. The Morgan fingerprint density at radius 3 is 1.35 bits per heavy atom. The van der Waals surface area contributed by atoms with E-state index in [1.54, 1.807) is 0 Å². The van der Waals surface area contributed by atoms with Crippen LogP contribution < -0.4 is 0 Å². The summed E-state index contributed by atoms with van der Waals surface area (Å²) in [6.07, 6.45) is 0. The molecule has 2 aromatic heterocycles. The van der Waals surface area contributed by atoms with Gasteiger partial charge in [-0.3, -0.25) is 0 Å². The van der Waals surface area contributed by atoms with Gasteiger partial charge >= 0.3 is 0 Å². The van der Waals surface area contributed by atoms with Gasteiger partial charge in [-0.15, -0.1) is 0 Å². The summed E-state index contributed by atoms with van der Waals surface area (Å²) in [6, 6.07) is 56.8. The van der Waals surface area contributed by atoms with Gasteiger partial charge in [0.15, 0.2) is 17.5 Å². The summed E-state index contributed by atoms with van der Waals surface area (Å²) in [5.41, 5.74) is 6.48. The third-order valence-corrected chi connectivity index (χ3v) is 9.52. The molecule has 4 nitrogen and oxygen atoms in total. The number of furan rings is 1. The number of para-hydroxylation sites is 2. The predicted molar refractivity (Wildman–Crippen MR) is 201 cm³/mol. The highest BCUT2D eigenvalue weighted by Gasteiger charge is 2.21. The molecule has 228 valence electrons. The van der Waals surface area contributed by atoms with Crippen molar-refractivity contribution in [2.45, 2.75) is 0 Å². The highest BCUT2D eigenvalue weighted by molar-refractivity contribution is 6.27. The minimum absolute atomic E-state index is 0.606. The Hall–Kier alpha value is -6.65. The molecule has 0 fully saturated rings. The van der Waals surface area contributed by atoms with Crippen LogP contribution >= 0.6 is 0 Å². The first kappa shape index (κ1) is 27.5. The van der Waals surface area contributed by atoms with Crippen molar-refractivity contribution in [3.63, 3.8) is 0 Å². The number of fused-ring (bicyclic) bond motifs is 9. The van der Waals surface area contributed by atoms with Crippen molar-refractivity contribution in [2.24, 2.45) is 0 Å². The molecule has 49 heavy (non-hydrogen) atoms. The summed E-state index contributed by atoms with van der Waals surface area (Å²) in [7, 11) is 0. The minimum atomic E-state index is 0.606. The van der Waals surface area contributed by atoms with Crippen LogP contribution in [0.5, 0.6) is 0 Å². The van der Waals surface area contributed by atoms with Gasteiger partial charge in [0.25, 0.3) is 0 Å². The van der Waals surface area contributed by atoms with Gasteiger partial charge in [-0.2, -0.15) is 0 Å². The number of benzene rings is 8. The molecule has 10 rings (SSSR count). The first-order valence-electron chi connectivity index (χ1n) is 16.5. The summed E-state index contributed by atoms with van der Waals surface area (Å²) in [4.78, 5) is 15.4. The van der Waals surface area contributed by atoms with Gasteiger partial charge in [0.1, 0.15) is 11.2 Å². The summed E-state index contributed by atoms with van der Waals surface area (Å²) in [5.74, 6) is 1.86. The zero-order valence-corrected chi connectivity index (χ0v) is 26.3. The van der Waals surface area contributed by atoms with E-state index in [1.165, 1.54) is 26.9 Å². The smallest absolute Gasteiger partial charge is 0.164 e. The molecule has 0 saturated carbocycles. The van der Waals surface area contributed by atoms with Crippen LogP contribution in [0.25, 0.3) is 99.5 Å². The standard InChI is InChI=1S/C45H27N3O/c1-3-14-28(15-4-1)43-46-44(29-16-5-2-6-17-29)48-45(47-43)40-27-38-33-21-10-8-19-31(33)30-18-7-9-20-32(30)37(38)26-39(40)36-24-13-23-35-34-22-11-12-25-41(34)49-42(35)36/h1-27H. The van der Waals surface area contributed by atoms with Gasteiger partial charge in [0, 0.05) is 33.0 Å². The van der Waals surface area contributed by atoms with Crippen LogP contribution in [0.4, 0.5) is 0 Å². The van der Waals surface area contributed by atoms with E-state index in [1.807, 2.05) is 72.8 Å². The second-order valence-electron chi connectivity index (χ2n) is 12.4. The second-order valence-corrected chi connectivity index (χ2v) is 12.4. The van der Waals surface area contributed by atoms with Gasteiger partial charge in [-0.25, -0.2) is 15.0 Å². The number of aromatic nitrogens is 3. The molecule has 0 N–H and O–H groups in total. The molecule has 0 amide bonds. The van der Waals surface area contributed by atoms with Gasteiger partial charge < -0.3 is 4.42 Å². The molecule has 0 aliphatic heterocycles. The van der Waals surface area contributed by atoms with Crippen molar-refractivity contribution in [3.8, 4) is 45.3 Å². The maximum Gasteiger partial charge on any atom is 0.164 e. The molecule has 0 saturated heterocycles. The third kappa shape index (κ3) is 4.42. The van der Waals surface area contributed by atoms with E-state index in [0.29, 0.717) is 17.5 Å². The van der Waals surface area contributed by atoms with Crippen molar-refractivity contribution < 1.29 is 4.42 Å². The summed E-state index contributed by atoms with van der Waals surface area (Å²) in [6.45, 7) is 0. The lowest BCUT2D eigenvalue weighted by Gasteiger charge is -2.17. The average Bonchev–Trinajstić information content (AvgIpc) is 3.57. The van der Waals surface area contributed by atoms with E-state index in [0.717, 1.165) is 55.1 Å². The highest BCUT2D eigenvalue weighted by Crippen LogP contribution is 2.44. The van der Waals surface area contributed by atoms with E-state index in [4.69, 9.17) is 19.4 Å². The Morgan fingerprint density at radius 2 is 0.755 bits per heavy atom. The molecular weight excluding hydrogens is 599 g/mol. The van der Waals surface area contributed by atoms with Crippen molar-refractivity contribution in [3.05, 3.63) is 164 Å². The van der Waals surface area contributed by atoms with E-state index in [-0.39, 0.29) is 0 Å². The van der Waals surface area contributed by atoms with Crippen LogP contribution in [-0.4, -0.2) is 15.0 Å². The van der Waals surface area contributed by atoms with E-state index in [9.17, 15) is 0 Å². The molecule has 8 aromatic carbocycles. The fourth-order valence-corrected chi connectivity index (χ4v) is 7.25. The molecule has 4 heteroatoms. The minimum Gasteiger partial charge on any atom is -0.455 e. The topological polar surface area (TPSA) is 51.8 Å². The van der Waals surface area contributed by atoms with Crippen LogP contribution in [0.15, 0.2) is 168 Å². The van der Waals surface area contributed by atoms with Gasteiger partial charge in [0.2, 0.25) is 0 Å². The van der Waals surface area contributed by atoms with Crippen LogP contribution in [0, 0.1) is 0 Å². The zero-order valence-electron chi connectivity index (χ0n) is 26.3. The van der Waals surface area contributed by atoms with Gasteiger partial charge in [0.05, 0.1) is 0 Å². The van der Waals surface area contributed by atoms with Gasteiger partial charge in [-0.1, -0.05) is 146 Å². The molecule has 0 atom stereocenters. The molecule has 0 aliphatic rings. The quantitative estimate of drug-likeness (QED) is 0.183. The maximum atomic E-state index is 6.63. The normalized spacial score (nSPS) is 11.7. The van der Waals surface area contributed by atoms with Crippen LogP contribution in [0.3, 0.4) is 0 Å². The largest absolute Gasteiger partial charge is 0.455 e. The molecule has 10 aromatic rings. The average molecular weight is 626 g/mol. The first-order chi connectivity index (χ1) is 24.3. The molecule has 0 radical (unpaired) electrons. The monoisotopic (exact) mass is 625 g/mol. The molecule has 0 bridgehead atoms. The Morgan fingerprint density at radius 1 is 0.306 bits per heavy atom. The molecule has 0 spiro atoms. The van der Waals surface area contributed by atoms with Crippen molar-refractivity contribution in [1.82, 2.24) is 15.0 Å². The maximum absolute atomic E-state index is 6.63. The Labute approximate surface area is 282 Å². The lowest BCUT2D eigenvalue weighted by Crippen LogP contribution is -2.01. The zero-order chi connectivity index (χ0) is 32.3. The van der Waals surface area contributed by atoms with Crippen LogP contribution in [0.1, 0.15) is 0 Å². The Bertz CT molecular complexity index is 2820. The van der Waals surface area contributed by atoms with Crippen molar-refractivity contribution in [2.75, 3.05) is 0 Å². The predicted octanol–water partition coefficient (Wildman–Crippen LogP) is 11.9. The van der Waals surface area contributed by atoms with Crippen LogP contribution in [0.2, 0.25) is 0 Å². The van der Waals surface area contributed by atoms with E-state index >= 15 is 0 Å². The molecular formula is C45H27N3O. The fourth-order valence-electron chi connectivity index (χ4n) is 7.25. The molecule has 0 unspecified atom stereocenters. The van der Waals surface area contributed by atoms with E-state index < -0.39 is 0 Å². The number of hydrogen-bond donors (Lipinski definition) is 0. The summed E-state index contributed by atoms with van der Waals surface area (Å²) >= 11 is 0. The number of rotatable bonds is 4.